The molecule has 0 aliphatic heterocycles. The van der Waals surface area contributed by atoms with Crippen molar-refractivity contribution in [2.24, 2.45) is 5.41 Å². The lowest BCUT2D eigenvalue weighted by atomic mass is 9.65. The first-order chi connectivity index (χ1) is 4.62. The SMILES string of the molecule is FC1(F)CC2(CCCC2)C1. The molecule has 0 N–H and O–H groups in total. The highest BCUT2D eigenvalue weighted by Gasteiger charge is 2.56. The molecule has 0 unspecified atom stereocenters. The van der Waals surface area contributed by atoms with Crippen molar-refractivity contribution in [2.45, 2.75) is 44.4 Å². The van der Waals surface area contributed by atoms with Crippen LogP contribution in [0.25, 0.3) is 0 Å². The maximum atomic E-state index is 12.4. The Labute approximate surface area is 59.6 Å². The Balaban J connectivity index is 1.98. The van der Waals surface area contributed by atoms with Gasteiger partial charge >= 0.3 is 0 Å². The van der Waals surface area contributed by atoms with Gasteiger partial charge in [0.15, 0.2) is 0 Å². The van der Waals surface area contributed by atoms with E-state index in [4.69, 9.17) is 0 Å². The van der Waals surface area contributed by atoms with Crippen molar-refractivity contribution >= 4 is 0 Å². The van der Waals surface area contributed by atoms with Crippen molar-refractivity contribution in [3.63, 3.8) is 0 Å². The molecule has 0 heterocycles. The second-order valence-electron chi connectivity index (χ2n) is 3.92. The van der Waals surface area contributed by atoms with E-state index in [-0.39, 0.29) is 18.3 Å². The molecule has 0 saturated heterocycles. The monoisotopic (exact) mass is 146 g/mol. The molecule has 0 aromatic heterocycles. The lowest BCUT2D eigenvalue weighted by molar-refractivity contribution is -0.158. The highest BCUT2D eigenvalue weighted by atomic mass is 19.3. The summed E-state index contributed by atoms with van der Waals surface area (Å²) in [5, 5.41) is 0. The van der Waals surface area contributed by atoms with E-state index < -0.39 is 5.92 Å². The molecule has 2 aliphatic carbocycles. The van der Waals surface area contributed by atoms with Crippen molar-refractivity contribution in [3.05, 3.63) is 0 Å². The third-order valence-electron chi connectivity index (χ3n) is 2.93. The van der Waals surface area contributed by atoms with Crippen LogP contribution in [0.1, 0.15) is 38.5 Å². The van der Waals surface area contributed by atoms with E-state index in [1.165, 1.54) is 12.8 Å². The number of alkyl halides is 2. The summed E-state index contributed by atoms with van der Waals surface area (Å²) in [6, 6.07) is 0. The van der Waals surface area contributed by atoms with Crippen LogP contribution in [0.4, 0.5) is 8.78 Å². The van der Waals surface area contributed by atoms with E-state index >= 15 is 0 Å². The Kier molecular flexibility index (Phi) is 1.13. The van der Waals surface area contributed by atoms with Crippen LogP contribution in [-0.4, -0.2) is 5.92 Å². The first-order valence-electron chi connectivity index (χ1n) is 4.00. The molecule has 0 aromatic carbocycles. The second-order valence-corrected chi connectivity index (χ2v) is 3.92. The van der Waals surface area contributed by atoms with Crippen LogP contribution in [0.2, 0.25) is 0 Å². The standard InChI is InChI=1S/C8H12F2/c9-8(10)5-7(6-8)3-1-2-4-7/h1-6H2. The minimum Gasteiger partial charge on any atom is -0.207 e. The van der Waals surface area contributed by atoms with Gasteiger partial charge in [0.25, 0.3) is 0 Å². The van der Waals surface area contributed by atoms with E-state index in [0.717, 1.165) is 12.8 Å². The van der Waals surface area contributed by atoms with Crippen LogP contribution in [0.5, 0.6) is 0 Å². The van der Waals surface area contributed by atoms with Gasteiger partial charge in [0, 0.05) is 12.8 Å². The molecule has 2 saturated carbocycles. The fourth-order valence-corrected chi connectivity index (χ4v) is 2.52. The predicted molar refractivity (Wildman–Crippen MR) is 35.1 cm³/mol. The van der Waals surface area contributed by atoms with Crippen molar-refractivity contribution in [1.29, 1.82) is 0 Å². The van der Waals surface area contributed by atoms with Crippen LogP contribution in [0, 0.1) is 5.41 Å². The minimum atomic E-state index is -2.30. The highest BCUT2D eigenvalue weighted by Crippen LogP contribution is 2.60. The first-order valence-corrected chi connectivity index (χ1v) is 4.00. The second kappa shape index (κ2) is 1.72. The van der Waals surface area contributed by atoms with E-state index in [1.807, 2.05) is 0 Å². The van der Waals surface area contributed by atoms with Gasteiger partial charge < -0.3 is 0 Å². The first kappa shape index (κ1) is 6.56. The zero-order valence-electron chi connectivity index (χ0n) is 6.00. The molecule has 2 aliphatic rings. The third-order valence-corrected chi connectivity index (χ3v) is 2.93. The number of hydrogen-bond acceptors (Lipinski definition) is 0. The summed E-state index contributed by atoms with van der Waals surface area (Å²) >= 11 is 0. The summed E-state index contributed by atoms with van der Waals surface area (Å²) in [5.74, 6) is -2.30. The van der Waals surface area contributed by atoms with Crippen molar-refractivity contribution in [1.82, 2.24) is 0 Å². The summed E-state index contributed by atoms with van der Waals surface area (Å²) in [7, 11) is 0. The summed E-state index contributed by atoms with van der Waals surface area (Å²) in [4.78, 5) is 0. The molecule has 0 aromatic rings. The predicted octanol–water partition coefficient (Wildman–Crippen LogP) is 2.98. The van der Waals surface area contributed by atoms with Gasteiger partial charge in [-0.15, -0.1) is 0 Å². The zero-order chi connectivity index (χ0) is 7.24. The minimum absolute atomic E-state index is 0.101. The van der Waals surface area contributed by atoms with Crippen LogP contribution >= 0.6 is 0 Å². The number of hydrogen-bond donors (Lipinski definition) is 0. The quantitative estimate of drug-likeness (QED) is 0.493. The Hall–Kier alpha value is -0.140. The van der Waals surface area contributed by atoms with E-state index in [1.54, 1.807) is 0 Å². The lowest BCUT2D eigenvalue weighted by Crippen LogP contribution is -2.44. The molecule has 2 heteroatoms. The Morgan fingerprint density at radius 1 is 0.900 bits per heavy atom. The Morgan fingerprint density at radius 2 is 1.40 bits per heavy atom. The Morgan fingerprint density at radius 3 is 1.80 bits per heavy atom. The molecule has 0 nitrogen and oxygen atoms in total. The van der Waals surface area contributed by atoms with Gasteiger partial charge in [-0.3, -0.25) is 0 Å². The smallest absolute Gasteiger partial charge is 0.207 e. The van der Waals surface area contributed by atoms with Gasteiger partial charge in [0.2, 0.25) is 5.92 Å². The fourth-order valence-electron chi connectivity index (χ4n) is 2.52. The van der Waals surface area contributed by atoms with E-state index in [0.29, 0.717) is 0 Å². The van der Waals surface area contributed by atoms with Gasteiger partial charge in [-0.25, -0.2) is 8.78 Å². The van der Waals surface area contributed by atoms with Gasteiger partial charge in [-0.05, 0) is 18.3 Å². The van der Waals surface area contributed by atoms with Gasteiger partial charge in [0.05, 0.1) is 0 Å². The van der Waals surface area contributed by atoms with Crippen molar-refractivity contribution in [2.75, 3.05) is 0 Å². The van der Waals surface area contributed by atoms with E-state index in [2.05, 4.69) is 0 Å². The average molecular weight is 146 g/mol. The van der Waals surface area contributed by atoms with Crippen LogP contribution in [-0.2, 0) is 0 Å². The molecule has 58 valence electrons. The third kappa shape index (κ3) is 0.850. The molecule has 2 fully saturated rings. The van der Waals surface area contributed by atoms with Crippen LogP contribution in [0.15, 0.2) is 0 Å². The molecule has 10 heavy (non-hydrogen) atoms. The lowest BCUT2D eigenvalue weighted by Gasteiger charge is -2.44. The maximum Gasteiger partial charge on any atom is 0.249 e. The molecule has 0 radical (unpaired) electrons. The summed E-state index contributed by atoms with van der Waals surface area (Å²) in [6.07, 6.45) is 4.83. The van der Waals surface area contributed by atoms with Crippen molar-refractivity contribution < 1.29 is 8.78 Å². The number of halogens is 2. The molecular weight excluding hydrogens is 134 g/mol. The maximum absolute atomic E-state index is 12.4. The molecule has 1 spiro atoms. The molecule has 2 rings (SSSR count). The molecule has 0 amide bonds. The van der Waals surface area contributed by atoms with E-state index in [9.17, 15) is 8.78 Å². The fraction of sp³-hybridized carbons (Fsp3) is 1.00. The molecular formula is C8H12F2. The topological polar surface area (TPSA) is 0 Å². The number of rotatable bonds is 0. The normalized spacial score (nSPS) is 34.2. The Bertz CT molecular complexity index is 135. The van der Waals surface area contributed by atoms with Crippen LogP contribution < -0.4 is 0 Å². The zero-order valence-corrected chi connectivity index (χ0v) is 6.00. The highest BCUT2D eigenvalue weighted by molar-refractivity contribution is 5.00. The molecule has 0 atom stereocenters. The van der Waals surface area contributed by atoms with Crippen LogP contribution in [0.3, 0.4) is 0 Å². The van der Waals surface area contributed by atoms with Gasteiger partial charge in [-0.2, -0.15) is 0 Å². The summed E-state index contributed by atoms with van der Waals surface area (Å²) in [6.45, 7) is 0. The average Bonchev–Trinajstić information content (AvgIpc) is 2.10. The molecule has 0 bridgehead atoms. The largest absolute Gasteiger partial charge is 0.249 e. The van der Waals surface area contributed by atoms with Crippen molar-refractivity contribution in [3.8, 4) is 0 Å². The summed E-state index contributed by atoms with van der Waals surface area (Å²) < 4.78 is 24.9. The summed E-state index contributed by atoms with van der Waals surface area (Å²) in [5.41, 5.74) is 0.101. The van der Waals surface area contributed by atoms with Gasteiger partial charge in [0.1, 0.15) is 0 Å². The van der Waals surface area contributed by atoms with Gasteiger partial charge in [-0.1, -0.05) is 12.8 Å².